The van der Waals surface area contributed by atoms with Gasteiger partial charge in [0.25, 0.3) is 0 Å². The standard InChI is InChI=1S/C9H13N3O3/c10-6(9(13)14)3-5-15-7-2-1-4-12-8(7)11/h1-2,4,6H,3,5,10H2,(H2,11,12)(H,13,14). The van der Waals surface area contributed by atoms with E-state index in [1.165, 1.54) is 0 Å². The van der Waals surface area contributed by atoms with Crippen LogP contribution in [0.1, 0.15) is 6.42 Å². The number of aliphatic carboxylic acids is 1. The van der Waals surface area contributed by atoms with Crippen LogP contribution in [0, 0.1) is 0 Å². The van der Waals surface area contributed by atoms with Gasteiger partial charge >= 0.3 is 5.97 Å². The van der Waals surface area contributed by atoms with Gasteiger partial charge in [-0.2, -0.15) is 0 Å². The Labute approximate surface area is 86.9 Å². The number of nitrogen functional groups attached to an aromatic ring is 1. The molecule has 0 spiro atoms. The smallest absolute Gasteiger partial charge is 0.320 e. The maximum absolute atomic E-state index is 10.4. The molecule has 0 amide bonds. The molecule has 1 aromatic heterocycles. The average Bonchev–Trinajstić information content (AvgIpc) is 2.20. The van der Waals surface area contributed by atoms with Crippen molar-refractivity contribution in [2.24, 2.45) is 5.73 Å². The predicted molar refractivity (Wildman–Crippen MR) is 54.4 cm³/mol. The molecular weight excluding hydrogens is 198 g/mol. The molecule has 1 rings (SSSR count). The van der Waals surface area contributed by atoms with E-state index >= 15 is 0 Å². The minimum absolute atomic E-state index is 0.198. The van der Waals surface area contributed by atoms with Crippen LogP contribution >= 0.6 is 0 Å². The summed E-state index contributed by atoms with van der Waals surface area (Å²) >= 11 is 0. The molecule has 0 aromatic carbocycles. The van der Waals surface area contributed by atoms with E-state index in [0.29, 0.717) is 5.75 Å². The fourth-order valence-corrected chi connectivity index (χ4v) is 0.944. The van der Waals surface area contributed by atoms with Crippen LogP contribution in [-0.4, -0.2) is 28.7 Å². The third kappa shape index (κ3) is 3.43. The zero-order valence-electron chi connectivity index (χ0n) is 8.09. The average molecular weight is 211 g/mol. The fourth-order valence-electron chi connectivity index (χ4n) is 0.944. The van der Waals surface area contributed by atoms with Crippen LogP contribution in [0.2, 0.25) is 0 Å². The van der Waals surface area contributed by atoms with E-state index in [4.69, 9.17) is 21.3 Å². The molecule has 1 unspecified atom stereocenters. The third-order valence-electron chi connectivity index (χ3n) is 1.80. The van der Waals surface area contributed by atoms with Crippen molar-refractivity contribution in [1.82, 2.24) is 4.98 Å². The maximum Gasteiger partial charge on any atom is 0.320 e. The summed E-state index contributed by atoms with van der Waals surface area (Å²) in [5, 5.41) is 8.52. The molecule has 0 bridgehead atoms. The van der Waals surface area contributed by atoms with Crippen LogP contribution in [0.25, 0.3) is 0 Å². The first kappa shape index (κ1) is 11.3. The number of carboxylic acids is 1. The molecule has 6 heteroatoms. The number of ether oxygens (including phenoxy) is 1. The molecule has 0 saturated carbocycles. The molecule has 82 valence electrons. The summed E-state index contributed by atoms with van der Waals surface area (Å²) in [6, 6.07) is 2.43. The maximum atomic E-state index is 10.4. The quantitative estimate of drug-likeness (QED) is 0.624. The Bertz CT molecular complexity index is 343. The topological polar surface area (TPSA) is 111 Å². The highest BCUT2D eigenvalue weighted by molar-refractivity contribution is 5.72. The molecule has 0 aliphatic rings. The van der Waals surface area contributed by atoms with E-state index in [1.54, 1.807) is 18.3 Å². The number of nitrogens with two attached hydrogens (primary N) is 2. The Morgan fingerprint density at radius 1 is 1.67 bits per heavy atom. The van der Waals surface area contributed by atoms with E-state index in [0.717, 1.165) is 0 Å². The first-order valence-corrected chi connectivity index (χ1v) is 4.43. The number of hydrogen-bond acceptors (Lipinski definition) is 5. The number of aromatic nitrogens is 1. The Balaban J connectivity index is 2.38. The van der Waals surface area contributed by atoms with Crippen molar-refractivity contribution in [2.75, 3.05) is 12.3 Å². The first-order chi connectivity index (χ1) is 7.11. The van der Waals surface area contributed by atoms with Crippen LogP contribution in [0.5, 0.6) is 5.75 Å². The molecule has 5 N–H and O–H groups in total. The fraction of sp³-hybridized carbons (Fsp3) is 0.333. The number of carbonyl (C=O) groups is 1. The van der Waals surface area contributed by atoms with Crippen molar-refractivity contribution in [3.8, 4) is 5.75 Å². The van der Waals surface area contributed by atoms with Crippen molar-refractivity contribution in [3.63, 3.8) is 0 Å². The van der Waals surface area contributed by atoms with Crippen molar-refractivity contribution in [1.29, 1.82) is 0 Å². The number of anilines is 1. The number of carboxylic acid groups (broad SMARTS) is 1. The second-order valence-corrected chi connectivity index (χ2v) is 2.97. The largest absolute Gasteiger partial charge is 0.490 e. The molecule has 1 aromatic rings. The number of pyridine rings is 1. The van der Waals surface area contributed by atoms with E-state index in [9.17, 15) is 4.79 Å². The summed E-state index contributed by atoms with van der Waals surface area (Å²) in [7, 11) is 0. The molecule has 0 radical (unpaired) electrons. The lowest BCUT2D eigenvalue weighted by atomic mass is 10.2. The van der Waals surface area contributed by atoms with Gasteiger partial charge in [0.05, 0.1) is 6.61 Å². The summed E-state index contributed by atoms with van der Waals surface area (Å²) in [6.45, 7) is 0.198. The van der Waals surface area contributed by atoms with Crippen LogP contribution in [0.4, 0.5) is 5.82 Å². The zero-order chi connectivity index (χ0) is 11.3. The molecule has 0 saturated heterocycles. The summed E-state index contributed by atoms with van der Waals surface area (Å²) in [5.41, 5.74) is 10.8. The summed E-state index contributed by atoms with van der Waals surface area (Å²) in [5.74, 6) is -0.325. The molecule has 0 aliphatic heterocycles. The molecule has 1 heterocycles. The van der Waals surface area contributed by atoms with Gasteiger partial charge in [-0.1, -0.05) is 0 Å². The highest BCUT2D eigenvalue weighted by atomic mass is 16.5. The Kier molecular flexibility index (Phi) is 3.87. The highest BCUT2D eigenvalue weighted by Crippen LogP contribution is 2.16. The Morgan fingerprint density at radius 3 is 3.00 bits per heavy atom. The van der Waals surface area contributed by atoms with E-state index in [1.807, 2.05) is 0 Å². The van der Waals surface area contributed by atoms with Crippen molar-refractivity contribution in [2.45, 2.75) is 12.5 Å². The van der Waals surface area contributed by atoms with Gasteiger partial charge in [0.1, 0.15) is 6.04 Å². The van der Waals surface area contributed by atoms with Crippen LogP contribution < -0.4 is 16.2 Å². The van der Waals surface area contributed by atoms with E-state index < -0.39 is 12.0 Å². The van der Waals surface area contributed by atoms with Crippen LogP contribution in [0.15, 0.2) is 18.3 Å². The number of hydrogen-bond donors (Lipinski definition) is 3. The van der Waals surface area contributed by atoms with Crippen molar-refractivity contribution >= 4 is 11.8 Å². The van der Waals surface area contributed by atoms with E-state index in [-0.39, 0.29) is 18.8 Å². The van der Waals surface area contributed by atoms with Gasteiger partial charge in [0, 0.05) is 12.6 Å². The van der Waals surface area contributed by atoms with Gasteiger partial charge in [0.2, 0.25) is 0 Å². The molecule has 0 fully saturated rings. The highest BCUT2D eigenvalue weighted by Gasteiger charge is 2.11. The van der Waals surface area contributed by atoms with Crippen LogP contribution in [-0.2, 0) is 4.79 Å². The van der Waals surface area contributed by atoms with Gasteiger partial charge in [0.15, 0.2) is 11.6 Å². The van der Waals surface area contributed by atoms with Crippen molar-refractivity contribution < 1.29 is 14.6 Å². The SMILES string of the molecule is Nc1ncccc1OCCC(N)C(=O)O. The normalized spacial score (nSPS) is 12.1. The Morgan fingerprint density at radius 2 is 2.40 bits per heavy atom. The van der Waals surface area contributed by atoms with Crippen molar-refractivity contribution in [3.05, 3.63) is 18.3 Å². The lowest BCUT2D eigenvalue weighted by Gasteiger charge is -2.09. The third-order valence-corrected chi connectivity index (χ3v) is 1.80. The van der Waals surface area contributed by atoms with Gasteiger partial charge in [-0.25, -0.2) is 4.98 Å². The molecule has 0 aliphatic carbocycles. The van der Waals surface area contributed by atoms with Crippen LogP contribution in [0.3, 0.4) is 0 Å². The summed E-state index contributed by atoms with van der Waals surface area (Å²) in [6.07, 6.45) is 1.77. The number of nitrogens with zero attached hydrogens (tertiary/aromatic N) is 1. The lowest BCUT2D eigenvalue weighted by molar-refractivity contribution is -0.138. The molecule has 15 heavy (non-hydrogen) atoms. The summed E-state index contributed by atoms with van der Waals surface area (Å²) < 4.78 is 5.23. The Hall–Kier alpha value is -1.82. The van der Waals surface area contributed by atoms with Gasteiger partial charge in [-0.3, -0.25) is 4.79 Å². The van der Waals surface area contributed by atoms with Gasteiger partial charge < -0.3 is 21.3 Å². The monoisotopic (exact) mass is 211 g/mol. The minimum Gasteiger partial charge on any atom is -0.490 e. The second kappa shape index (κ2) is 5.16. The van der Waals surface area contributed by atoms with Gasteiger partial charge in [-0.05, 0) is 12.1 Å². The molecular formula is C9H13N3O3. The predicted octanol–water partition coefficient (Wildman–Crippen LogP) is -0.155. The summed E-state index contributed by atoms with van der Waals surface area (Å²) in [4.78, 5) is 14.2. The first-order valence-electron chi connectivity index (χ1n) is 4.43. The second-order valence-electron chi connectivity index (χ2n) is 2.97. The minimum atomic E-state index is -1.04. The number of rotatable bonds is 5. The van der Waals surface area contributed by atoms with Gasteiger partial charge in [-0.15, -0.1) is 0 Å². The molecule has 1 atom stereocenters. The van der Waals surface area contributed by atoms with E-state index in [2.05, 4.69) is 4.98 Å². The zero-order valence-corrected chi connectivity index (χ0v) is 8.09. The lowest BCUT2D eigenvalue weighted by Crippen LogP contribution is -2.31. The molecule has 6 nitrogen and oxygen atoms in total.